The van der Waals surface area contributed by atoms with E-state index in [1.165, 1.54) is 41.9 Å². The maximum atomic E-state index is 13.5. The predicted molar refractivity (Wildman–Crippen MR) is 193 cm³/mol. The van der Waals surface area contributed by atoms with Crippen LogP contribution < -0.4 is 10.1 Å². The van der Waals surface area contributed by atoms with Crippen molar-refractivity contribution < 1.29 is 24.2 Å². The number of likely N-dealkylation sites (tertiary alicyclic amines) is 1. The van der Waals surface area contributed by atoms with Gasteiger partial charge in [0.1, 0.15) is 17.8 Å². The largest absolute Gasteiger partial charge is 0.494 e. The fraction of sp³-hybridized carbons (Fsp3) is 0.410. The Bertz CT molecular complexity index is 1710. The molecule has 2 atom stereocenters. The Morgan fingerprint density at radius 1 is 0.918 bits per heavy atom. The van der Waals surface area contributed by atoms with Crippen molar-refractivity contribution in [2.24, 2.45) is 0 Å². The second kappa shape index (κ2) is 16.2. The molecule has 0 bridgehead atoms. The topological polar surface area (TPSA) is 122 Å². The highest BCUT2D eigenvalue weighted by molar-refractivity contribution is 7.14. The van der Waals surface area contributed by atoms with Gasteiger partial charge in [-0.3, -0.25) is 9.59 Å². The lowest BCUT2D eigenvalue weighted by Crippen LogP contribution is -2.60. The summed E-state index contributed by atoms with van der Waals surface area (Å²) in [7, 11) is 0. The highest BCUT2D eigenvalue weighted by Crippen LogP contribution is 2.30. The van der Waals surface area contributed by atoms with Gasteiger partial charge in [0, 0.05) is 41.4 Å². The molecule has 4 aromatic rings. The molecule has 1 aliphatic heterocycles. The fourth-order valence-corrected chi connectivity index (χ4v) is 6.66. The van der Waals surface area contributed by atoms with Gasteiger partial charge in [-0.2, -0.15) is 0 Å². The average Bonchev–Trinajstić information content (AvgIpc) is 3.58. The molecule has 1 aliphatic rings. The fourth-order valence-electron chi connectivity index (χ4n) is 5.69. The number of carbonyl (C=O) groups excluding carboxylic acids is 2. The van der Waals surface area contributed by atoms with E-state index in [-0.39, 0.29) is 17.7 Å². The summed E-state index contributed by atoms with van der Waals surface area (Å²) in [5.41, 5.74) is 3.42. The average molecular weight is 683 g/mol. The molecule has 9 nitrogen and oxygen atoms in total. The zero-order valence-electron chi connectivity index (χ0n) is 28.8. The molecule has 1 fully saturated rings. The van der Waals surface area contributed by atoms with Crippen molar-refractivity contribution >= 4 is 29.1 Å². The Hall–Kier alpha value is -4.57. The van der Waals surface area contributed by atoms with E-state index in [0.717, 1.165) is 45.9 Å². The molecule has 0 spiro atoms. The second-order valence-electron chi connectivity index (χ2n) is 13.6. The minimum atomic E-state index is -1.04. The maximum Gasteiger partial charge on any atom is 0.326 e. The van der Waals surface area contributed by atoms with Gasteiger partial charge in [0.15, 0.2) is 5.82 Å². The maximum absolute atomic E-state index is 13.5. The van der Waals surface area contributed by atoms with Gasteiger partial charge in [0.2, 0.25) is 5.91 Å². The molecule has 0 saturated carbocycles. The van der Waals surface area contributed by atoms with Crippen molar-refractivity contribution in [2.75, 3.05) is 13.2 Å². The molecule has 2 N–H and O–H groups in total. The van der Waals surface area contributed by atoms with Crippen molar-refractivity contribution in [1.29, 1.82) is 0 Å². The van der Waals surface area contributed by atoms with Gasteiger partial charge >= 0.3 is 5.97 Å². The van der Waals surface area contributed by atoms with Gasteiger partial charge in [-0.15, -0.1) is 11.3 Å². The second-order valence-corrected chi connectivity index (χ2v) is 14.7. The minimum absolute atomic E-state index is 0.107. The minimum Gasteiger partial charge on any atom is -0.494 e. The number of hydrogen-bond acceptors (Lipinski definition) is 7. The summed E-state index contributed by atoms with van der Waals surface area (Å²) in [6.07, 6.45) is 10.2. The number of ether oxygens (including phenoxy) is 1. The van der Waals surface area contributed by atoms with E-state index in [0.29, 0.717) is 23.7 Å². The molecule has 2 aromatic heterocycles. The molecular formula is C39H46N4O5S. The Kier molecular flexibility index (Phi) is 11.8. The first kappa shape index (κ1) is 35.7. The molecule has 10 heteroatoms. The third kappa shape index (κ3) is 9.32. The van der Waals surface area contributed by atoms with E-state index in [1.54, 1.807) is 18.5 Å². The predicted octanol–water partition coefficient (Wildman–Crippen LogP) is 7.55. The first-order valence-electron chi connectivity index (χ1n) is 17.1. The summed E-state index contributed by atoms with van der Waals surface area (Å²) in [5, 5.41) is 12.5. The Labute approximate surface area is 292 Å². The number of hydrogen-bond donors (Lipinski definition) is 2. The number of amides is 2. The molecule has 2 unspecified atom stereocenters. The van der Waals surface area contributed by atoms with Crippen LogP contribution in [0.3, 0.4) is 0 Å². The number of carbonyl (C=O) groups is 3. The zero-order chi connectivity index (χ0) is 35.0. The summed E-state index contributed by atoms with van der Waals surface area (Å²) >= 11 is 1.40. The summed E-state index contributed by atoms with van der Waals surface area (Å²) in [4.78, 5) is 50.6. The van der Waals surface area contributed by atoms with Crippen LogP contribution in [-0.4, -0.2) is 63.0 Å². The molecule has 3 heterocycles. The van der Waals surface area contributed by atoms with Crippen LogP contribution in [0.15, 0.2) is 73.1 Å². The van der Waals surface area contributed by atoms with E-state index < -0.39 is 24.0 Å². The van der Waals surface area contributed by atoms with Crippen LogP contribution in [0, 0.1) is 0 Å². The Morgan fingerprint density at radius 2 is 1.59 bits per heavy atom. The lowest BCUT2D eigenvalue weighted by atomic mass is 9.95. The normalized spacial score (nSPS) is 14.9. The van der Waals surface area contributed by atoms with Gasteiger partial charge in [-0.25, -0.2) is 14.8 Å². The van der Waals surface area contributed by atoms with Crippen molar-refractivity contribution in [2.45, 2.75) is 90.1 Å². The van der Waals surface area contributed by atoms with Gasteiger partial charge < -0.3 is 20.1 Å². The van der Waals surface area contributed by atoms with E-state index >= 15 is 0 Å². The molecule has 258 valence electrons. The van der Waals surface area contributed by atoms with Gasteiger partial charge in [-0.05, 0) is 53.6 Å². The van der Waals surface area contributed by atoms with Crippen LogP contribution in [0.1, 0.15) is 86.3 Å². The molecule has 49 heavy (non-hydrogen) atoms. The molecule has 0 aliphatic carbocycles. The van der Waals surface area contributed by atoms with Crippen LogP contribution in [-0.2, 0) is 21.4 Å². The first-order valence-corrected chi connectivity index (χ1v) is 17.9. The summed E-state index contributed by atoms with van der Waals surface area (Å²) in [6.45, 7) is 9.53. The number of thiophene rings is 1. The number of nitrogens with zero attached hydrogens (tertiary/aromatic N) is 3. The molecule has 1 saturated heterocycles. The number of aliphatic carboxylic acids is 1. The number of nitrogens with one attached hydrogen (secondary N) is 1. The zero-order valence-corrected chi connectivity index (χ0v) is 29.6. The third-order valence-electron chi connectivity index (χ3n) is 8.77. The van der Waals surface area contributed by atoms with E-state index in [4.69, 9.17) is 4.74 Å². The summed E-state index contributed by atoms with van der Waals surface area (Å²) in [6, 6.07) is 17.4. The van der Waals surface area contributed by atoms with Crippen molar-refractivity contribution in [3.8, 4) is 28.3 Å². The molecule has 0 radical (unpaired) electrons. The van der Waals surface area contributed by atoms with E-state index in [1.807, 2.05) is 54.6 Å². The molecular weight excluding hydrogens is 637 g/mol. The Balaban J connectivity index is 1.23. The van der Waals surface area contributed by atoms with Crippen LogP contribution in [0.5, 0.6) is 5.75 Å². The molecule has 2 amide bonds. The smallest absolute Gasteiger partial charge is 0.326 e. The molecule has 5 rings (SSSR count). The standard InChI is InChI=1S/C39H46N4O5S/c1-5-6-7-8-9-22-48-30-16-14-27(15-17-30)29-24-40-35(41-25-29)28-12-10-26(11-13-28)23-31(37(45)43-21-20-32(43)38(46)47)42-36(44)33-18-19-34(49-33)39(2,3)4/h10-19,24-25,31-32H,5-9,20-23H2,1-4H3,(H,42,44)(H,46,47). The number of aromatic nitrogens is 2. The van der Waals surface area contributed by atoms with Crippen LogP contribution in [0.2, 0.25) is 0 Å². The third-order valence-corrected chi connectivity index (χ3v) is 10.3. The van der Waals surface area contributed by atoms with E-state index in [9.17, 15) is 19.5 Å². The lowest BCUT2D eigenvalue weighted by molar-refractivity contribution is -0.158. The van der Waals surface area contributed by atoms with Crippen molar-refractivity contribution in [1.82, 2.24) is 20.2 Å². The van der Waals surface area contributed by atoms with E-state index in [2.05, 4.69) is 43.0 Å². The lowest BCUT2D eigenvalue weighted by Gasteiger charge is -2.40. The van der Waals surface area contributed by atoms with Gasteiger partial charge in [0.25, 0.3) is 5.91 Å². The number of rotatable bonds is 15. The van der Waals surface area contributed by atoms with Crippen LogP contribution >= 0.6 is 11.3 Å². The number of unbranched alkanes of at least 4 members (excludes halogenated alkanes) is 4. The number of carboxylic acid groups (broad SMARTS) is 1. The highest BCUT2D eigenvalue weighted by Gasteiger charge is 2.40. The number of benzene rings is 2. The SMILES string of the molecule is CCCCCCCOc1ccc(-c2cnc(-c3ccc(CC(NC(=O)c4ccc(C(C)(C)C)s4)C(=O)N4CCC4C(=O)O)cc3)nc2)cc1. The quantitative estimate of drug-likeness (QED) is 0.124. The van der Waals surface area contributed by atoms with Crippen molar-refractivity contribution in [3.63, 3.8) is 0 Å². The molecule has 2 aromatic carbocycles. The summed E-state index contributed by atoms with van der Waals surface area (Å²) < 4.78 is 5.89. The highest BCUT2D eigenvalue weighted by atomic mass is 32.1. The number of carboxylic acids is 1. The van der Waals surface area contributed by atoms with Crippen molar-refractivity contribution in [3.05, 3.63) is 88.4 Å². The van der Waals surface area contributed by atoms with Crippen LogP contribution in [0.25, 0.3) is 22.5 Å². The summed E-state index contributed by atoms with van der Waals surface area (Å²) in [5.74, 6) is -0.367. The Morgan fingerprint density at radius 3 is 2.18 bits per heavy atom. The van der Waals surface area contributed by atoms with Gasteiger partial charge in [-0.1, -0.05) is 89.8 Å². The first-order chi connectivity index (χ1) is 23.5. The monoisotopic (exact) mass is 682 g/mol. The van der Waals surface area contributed by atoms with Gasteiger partial charge in [0.05, 0.1) is 11.5 Å². The van der Waals surface area contributed by atoms with Crippen LogP contribution in [0.4, 0.5) is 0 Å².